The molecule has 0 radical (unpaired) electrons. The molecule has 1 amide bonds. The molecule has 5 rings (SSSR count). The largest absolute Gasteiger partial charge is 0.299 e. The maximum atomic E-state index is 13.7. The molecule has 5 nitrogen and oxygen atoms in total. The average molecular weight is 441 g/mol. The molecule has 0 atom stereocenters. The topological polar surface area (TPSA) is 61.1 Å². The summed E-state index contributed by atoms with van der Waals surface area (Å²) < 4.78 is 1.97. The lowest BCUT2D eigenvalue weighted by Gasteiger charge is -2.38. The molecule has 1 fully saturated rings. The number of nitriles is 1. The van der Waals surface area contributed by atoms with E-state index < -0.39 is 0 Å². The monoisotopic (exact) mass is 440 g/mol. The van der Waals surface area contributed by atoms with Crippen LogP contribution in [0.4, 0.5) is 0 Å². The second kappa shape index (κ2) is 9.03. The lowest BCUT2D eigenvalue weighted by atomic mass is 9.71. The fraction of sp³-hybridized carbons (Fsp3) is 0.429. The molecule has 170 valence electrons. The minimum atomic E-state index is -0.305. The van der Waals surface area contributed by atoms with Gasteiger partial charge in [-0.3, -0.25) is 19.8 Å². The standard InChI is InChI=1S/C28H32N4O/c1-21-17-24-7-3-4-8-26(24)32(21)30-27(33)28(12-5-2-6-13-28)14-16-31-15-11-23-18-22(19-29)9-10-25(23)20-31/h3-4,7-10,17-18H,2,5-6,11-16,20H2,1H3,(H,30,33). The lowest BCUT2D eigenvalue weighted by molar-refractivity contribution is -0.129. The molecule has 0 unspecified atom stereocenters. The Bertz CT molecular complexity index is 1210. The van der Waals surface area contributed by atoms with Gasteiger partial charge in [0.1, 0.15) is 0 Å². The predicted octanol–water partition coefficient (Wildman–Crippen LogP) is 5.29. The molecule has 2 heterocycles. The van der Waals surface area contributed by atoms with E-state index in [1.165, 1.54) is 17.5 Å². The fourth-order valence-corrected chi connectivity index (χ4v) is 5.72. The predicted molar refractivity (Wildman–Crippen MR) is 131 cm³/mol. The van der Waals surface area contributed by atoms with Crippen LogP contribution in [0.2, 0.25) is 0 Å². The van der Waals surface area contributed by atoms with Crippen molar-refractivity contribution in [2.24, 2.45) is 5.41 Å². The van der Waals surface area contributed by atoms with Crippen LogP contribution in [0.1, 0.15) is 60.9 Å². The molecule has 3 aromatic rings. The van der Waals surface area contributed by atoms with Crippen LogP contribution in [0.15, 0.2) is 48.5 Å². The highest BCUT2D eigenvalue weighted by molar-refractivity contribution is 5.92. The van der Waals surface area contributed by atoms with Gasteiger partial charge in [0, 0.05) is 24.2 Å². The summed E-state index contributed by atoms with van der Waals surface area (Å²) >= 11 is 0. The van der Waals surface area contributed by atoms with Crippen LogP contribution in [-0.2, 0) is 17.8 Å². The van der Waals surface area contributed by atoms with E-state index in [-0.39, 0.29) is 11.3 Å². The molecule has 2 aromatic carbocycles. The van der Waals surface area contributed by atoms with Crippen LogP contribution in [0.5, 0.6) is 0 Å². The Kier molecular flexibility index (Phi) is 5.95. The van der Waals surface area contributed by atoms with E-state index >= 15 is 0 Å². The summed E-state index contributed by atoms with van der Waals surface area (Å²) in [6, 6.07) is 18.7. The SMILES string of the molecule is Cc1cc2ccccc2n1NC(=O)C1(CCN2CCc3cc(C#N)ccc3C2)CCCCC1. The molecule has 1 N–H and O–H groups in total. The van der Waals surface area contributed by atoms with E-state index in [1.54, 1.807) is 0 Å². The number of carbonyl (C=O) groups excluding carboxylic acids is 1. The van der Waals surface area contributed by atoms with Crippen molar-refractivity contribution in [3.8, 4) is 6.07 Å². The second-order valence-electron chi connectivity index (χ2n) is 9.83. The highest BCUT2D eigenvalue weighted by atomic mass is 16.2. The number of benzene rings is 2. The van der Waals surface area contributed by atoms with Crippen molar-refractivity contribution in [2.75, 3.05) is 18.5 Å². The van der Waals surface area contributed by atoms with Crippen LogP contribution in [-0.4, -0.2) is 28.6 Å². The summed E-state index contributed by atoms with van der Waals surface area (Å²) in [5.74, 6) is 0.169. The number of rotatable bonds is 5. The normalized spacial score (nSPS) is 17.9. The number of aryl methyl sites for hydroxylation is 1. The van der Waals surface area contributed by atoms with E-state index in [2.05, 4.69) is 47.6 Å². The summed E-state index contributed by atoms with van der Waals surface area (Å²) in [7, 11) is 0. The van der Waals surface area contributed by atoms with Gasteiger partial charge >= 0.3 is 0 Å². The molecule has 33 heavy (non-hydrogen) atoms. The minimum Gasteiger partial charge on any atom is -0.299 e. The average Bonchev–Trinajstić information content (AvgIpc) is 3.17. The van der Waals surface area contributed by atoms with E-state index in [0.29, 0.717) is 0 Å². The molecule has 5 heteroatoms. The first kappa shape index (κ1) is 21.7. The molecular weight excluding hydrogens is 408 g/mol. The molecule has 0 bridgehead atoms. The van der Waals surface area contributed by atoms with Crippen LogP contribution < -0.4 is 5.43 Å². The zero-order chi connectivity index (χ0) is 22.8. The Hall–Kier alpha value is -3.10. The summed E-state index contributed by atoms with van der Waals surface area (Å²) in [6.45, 7) is 4.87. The summed E-state index contributed by atoms with van der Waals surface area (Å²) in [6.07, 6.45) is 7.26. The smallest absolute Gasteiger partial charge is 0.245 e. The molecule has 1 aromatic heterocycles. The Morgan fingerprint density at radius 2 is 1.91 bits per heavy atom. The van der Waals surface area contributed by atoms with Gasteiger partial charge in [-0.05, 0) is 74.5 Å². The van der Waals surface area contributed by atoms with E-state index in [9.17, 15) is 4.79 Å². The number of carbonyl (C=O) groups is 1. The Balaban J connectivity index is 1.31. The number of aromatic nitrogens is 1. The van der Waals surface area contributed by atoms with Gasteiger partial charge in [-0.15, -0.1) is 0 Å². The summed E-state index contributed by atoms with van der Waals surface area (Å²) in [5, 5.41) is 10.3. The van der Waals surface area contributed by atoms with Crippen molar-refractivity contribution in [3.05, 3.63) is 70.9 Å². The fourth-order valence-electron chi connectivity index (χ4n) is 5.72. The lowest BCUT2D eigenvalue weighted by Crippen LogP contribution is -2.44. The van der Waals surface area contributed by atoms with Crippen LogP contribution in [0.25, 0.3) is 10.9 Å². The minimum absolute atomic E-state index is 0.169. The van der Waals surface area contributed by atoms with Crippen molar-refractivity contribution in [1.29, 1.82) is 5.26 Å². The Morgan fingerprint density at radius 3 is 2.73 bits per heavy atom. The van der Waals surface area contributed by atoms with Crippen LogP contribution in [0, 0.1) is 23.7 Å². The first-order valence-electron chi connectivity index (χ1n) is 12.2. The van der Waals surface area contributed by atoms with Gasteiger partial charge in [0.2, 0.25) is 5.91 Å². The zero-order valence-electron chi connectivity index (χ0n) is 19.4. The Morgan fingerprint density at radius 1 is 1.09 bits per heavy atom. The van der Waals surface area contributed by atoms with Crippen molar-refractivity contribution in [3.63, 3.8) is 0 Å². The second-order valence-corrected chi connectivity index (χ2v) is 9.83. The molecule has 1 saturated carbocycles. The number of amides is 1. The van der Waals surface area contributed by atoms with Crippen molar-refractivity contribution < 1.29 is 4.79 Å². The molecular formula is C28H32N4O. The number of nitrogens with one attached hydrogen (secondary N) is 1. The van der Waals surface area contributed by atoms with Gasteiger partial charge in [0.25, 0.3) is 0 Å². The highest BCUT2D eigenvalue weighted by Gasteiger charge is 2.40. The molecule has 1 aliphatic carbocycles. The molecule has 0 saturated heterocycles. The molecule has 1 aliphatic heterocycles. The number of hydrogen-bond acceptors (Lipinski definition) is 3. The van der Waals surface area contributed by atoms with Crippen molar-refractivity contribution in [1.82, 2.24) is 9.58 Å². The van der Waals surface area contributed by atoms with Gasteiger partial charge in [-0.25, -0.2) is 0 Å². The third kappa shape index (κ3) is 4.28. The summed E-state index contributed by atoms with van der Waals surface area (Å²) in [5.41, 5.74) is 8.45. The van der Waals surface area contributed by atoms with Gasteiger partial charge < -0.3 is 0 Å². The van der Waals surface area contributed by atoms with Gasteiger partial charge in [-0.2, -0.15) is 5.26 Å². The number of fused-ring (bicyclic) bond motifs is 2. The first-order chi connectivity index (χ1) is 16.1. The van der Waals surface area contributed by atoms with E-state index in [0.717, 1.165) is 80.3 Å². The number of hydrogen-bond donors (Lipinski definition) is 1. The van der Waals surface area contributed by atoms with Crippen molar-refractivity contribution >= 4 is 16.8 Å². The van der Waals surface area contributed by atoms with Gasteiger partial charge in [0.15, 0.2) is 0 Å². The van der Waals surface area contributed by atoms with Crippen molar-refractivity contribution in [2.45, 2.75) is 58.4 Å². The third-order valence-electron chi connectivity index (χ3n) is 7.73. The first-order valence-corrected chi connectivity index (χ1v) is 12.2. The van der Waals surface area contributed by atoms with Crippen LogP contribution >= 0.6 is 0 Å². The molecule has 0 spiro atoms. The molecule has 2 aliphatic rings. The van der Waals surface area contributed by atoms with Gasteiger partial charge in [-0.1, -0.05) is 43.5 Å². The zero-order valence-corrected chi connectivity index (χ0v) is 19.4. The van der Waals surface area contributed by atoms with Crippen LogP contribution in [0.3, 0.4) is 0 Å². The maximum absolute atomic E-state index is 13.7. The third-order valence-corrected chi connectivity index (χ3v) is 7.73. The van der Waals surface area contributed by atoms with E-state index in [1.807, 2.05) is 28.9 Å². The number of nitrogens with zero attached hydrogens (tertiary/aromatic N) is 3. The Labute approximate surface area is 196 Å². The highest BCUT2D eigenvalue weighted by Crippen LogP contribution is 2.40. The van der Waals surface area contributed by atoms with Gasteiger partial charge in [0.05, 0.1) is 22.6 Å². The summed E-state index contributed by atoms with van der Waals surface area (Å²) in [4.78, 5) is 16.2. The number of para-hydroxylation sites is 1. The quantitative estimate of drug-likeness (QED) is 0.586. The maximum Gasteiger partial charge on any atom is 0.245 e. The van der Waals surface area contributed by atoms with E-state index in [4.69, 9.17) is 5.26 Å².